The number of rotatable bonds is 7. The van der Waals surface area contributed by atoms with Crippen molar-refractivity contribution in [3.05, 3.63) is 48.0 Å². The van der Waals surface area contributed by atoms with E-state index in [0.29, 0.717) is 17.5 Å². The van der Waals surface area contributed by atoms with Crippen LogP contribution in [0.3, 0.4) is 0 Å². The average Bonchev–Trinajstić information content (AvgIpc) is 3.29. The monoisotopic (exact) mass is 370 g/mol. The average molecular weight is 370 g/mol. The molecule has 0 aliphatic rings. The Bertz CT molecular complexity index is 919. The summed E-state index contributed by atoms with van der Waals surface area (Å²) >= 11 is 0. The summed E-state index contributed by atoms with van der Waals surface area (Å²) in [5, 5.41) is 14.0. The number of esters is 1. The summed E-state index contributed by atoms with van der Waals surface area (Å²) in [5.41, 5.74) is 0.798. The summed E-state index contributed by atoms with van der Waals surface area (Å²) in [6.07, 6.45) is -0.746. The van der Waals surface area contributed by atoms with Gasteiger partial charge in [0.15, 0.2) is 11.9 Å². The van der Waals surface area contributed by atoms with Gasteiger partial charge in [-0.25, -0.2) is 0 Å². The molecule has 0 fully saturated rings. The van der Waals surface area contributed by atoms with Crippen molar-refractivity contribution < 1.29 is 23.3 Å². The van der Waals surface area contributed by atoms with Gasteiger partial charge in [-0.15, -0.1) is 10.2 Å². The van der Waals surface area contributed by atoms with E-state index in [1.807, 2.05) is 30.3 Å². The second-order valence-corrected chi connectivity index (χ2v) is 5.81. The van der Waals surface area contributed by atoms with Gasteiger partial charge in [0.25, 0.3) is 5.91 Å². The highest BCUT2D eigenvalue weighted by Gasteiger charge is 2.20. The molecule has 0 bridgehead atoms. The molecule has 3 rings (SSSR count). The predicted octanol–water partition coefficient (Wildman–Crippen LogP) is 2.54. The zero-order chi connectivity index (χ0) is 19.2. The highest BCUT2D eigenvalue weighted by Crippen LogP contribution is 2.17. The molecule has 0 saturated carbocycles. The van der Waals surface area contributed by atoms with Crippen molar-refractivity contribution in [2.45, 2.75) is 32.8 Å². The zero-order valence-corrected chi connectivity index (χ0v) is 14.8. The molecule has 0 saturated heterocycles. The Morgan fingerprint density at radius 1 is 1.22 bits per heavy atom. The molecule has 0 aliphatic heterocycles. The van der Waals surface area contributed by atoms with Crippen molar-refractivity contribution in [1.29, 1.82) is 0 Å². The number of aromatic nitrogens is 3. The molecule has 1 atom stereocenters. The van der Waals surface area contributed by atoms with Crippen molar-refractivity contribution in [2.75, 3.05) is 5.32 Å². The van der Waals surface area contributed by atoms with Gasteiger partial charge in [0.2, 0.25) is 11.8 Å². The van der Waals surface area contributed by atoms with Crippen LogP contribution >= 0.6 is 0 Å². The van der Waals surface area contributed by atoms with E-state index in [4.69, 9.17) is 13.7 Å². The Hall–Kier alpha value is -3.49. The van der Waals surface area contributed by atoms with Gasteiger partial charge in [-0.1, -0.05) is 23.4 Å². The molecule has 0 aliphatic carbocycles. The van der Waals surface area contributed by atoms with Crippen LogP contribution in [0, 0.1) is 6.92 Å². The first-order chi connectivity index (χ1) is 13.0. The number of nitrogens with one attached hydrogen (secondary N) is 1. The quantitative estimate of drug-likeness (QED) is 0.630. The molecule has 1 amide bonds. The van der Waals surface area contributed by atoms with Gasteiger partial charge < -0.3 is 19.0 Å². The number of benzene rings is 1. The zero-order valence-electron chi connectivity index (χ0n) is 14.8. The molecule has 0 unspecified atom stereocenters. The van der Waals surface area contributed by atoms with E-state index in [0.717, 1.165) is 5.56 Å². The second kappa shape index (κ2) is 8.26. The first-order valence-electron chi connectivity index (χ1n) is 8.33. The van der Waals surface area contributed by atoms with Crippen LogP contribution in [-0.4, -0.2) is 33.3 Å². The summed E-state index contributed by atoms with van der Waals surface area (Å²) in [4.78, 5) is 23.9. The van der Waals surface area contributed by atoms with Gasteiger partial charge >= 0.3 is 5.97 Å². The Morgan fingerprint density at radius 2 is 2.00 bits per heavy atom. The molecule has 1 aromatic carbocycles. The van der Waals surface area contributed by atoms with Crippen molar-refractivity contribution in [1.82, 2.24) is 15.4 Å². The highest BCUT2D eigenvalue weighted by molar-refractivity contribution is 5.94. The van der Waals surface area contributed by atoms with Gasteiger partial charge in [0, 0.05) is 18.1 Å². The Morgan fingerprint density at radius 3 is 2.70 bits per heavy atom. The third-order valence-corrected chi connectivity index (χ3v) is 3.59. The van der Waals surface area contributed by atoms with Gasteiger partial charge in [-0.2, -0.15) is 0 Å². The van der Waals surface area contributed by atoms with Gasteiger partial charge in [-0.3, -0.25) is 9.59 Å². The number of anilines is 1. The fourth-order valence-electron chi connectivity index (χ4n) is 2.22. The van der Waals surface area contributed by atoms with E-state index in [9.17, 15) is 9.59 Å². The minimum Gasteiger partial charge on any atom is -0.453 e. The van der Waals surface area contributed by atoms with E-state index in [-0.39, 0.29) is 18.7 Å². The lowest BCUT2D eigenvalue weighted by molar-refractivity contribution is -0.153. The molecule has 2 heterocycles. The van der Waals surface area contributed by atoms with Crippen LogP contribution in [0.5, 0.6) is 0 Å². The fraction of sp³-hybridized carbons (Fsp3) is 0.278. The molecule has 140 valence electrons. The molecule has 9 heteroatoms. The summed E-state index contributed by atoms with van der Waals surface area (Å²) in [7, 11) is 0. The topological polar surface area (TPSA) is 120 Å². The molecule has 0 radical (unpaired) electrons. The number of hydrogen-bond acceptors (Lipinski definition) is 8. The number of amides is 1. The summed E-state index contributed by atoms with van der Waals surface area (Å²) in [6.45, 7) is 3.17. The Kier molecular flexibility index (Phi) is 5.60. The number of carbonyl (C=O) groups excluding carboxylic acids is 2. The molecule has 0 spiro atoms. The van der Waals surface area contributed by atoms with Crippen LogP contribution in [0.2, 0.25) is 0 Å². The summed E-state index contributed by atoms with van der Waals surface area (Å²) in [6, 6.07) is 10.9. The van der Waals surface area contributed by atoms with Gasteiger partial charge in [0.1, 0.15) is 5.76 Å². The van der Waals surface area contributed by atoms with Crippen LogP contribution in [-0.2, 0) is 20.7 Å². The highest BCUT2D eigenvalue weighted by atomic mass is 16.5. The van der Waals surface area contributed by atoms with Crippen molar-refractivity contribution in [2.24, 2.45) is 0 Å². The number of ether oxygens (including phenoxy) is 1. The third-order valence-electron chi connectivity index (χ3n) is 3.59. The number of nitrogens with zero attached hydrogens (tertiary/aromatic N) is 3. The molecule has 1 N–H and O–H groups in total. The number of carbonyl (C=O) groups is 2. The van der Waals surface area contributed by atoms with Crippen molar-refractivity contribution in [3.63, 3.8) is 0 Å². The van der Waals surface area contributed by atoms with E-state index >= 15 is 0 Å². The maximum atomic E-state index is 12.0. The second-order valence-electron chi connectivity index (χ2n) is 5.81. The van der Waals surface area contributed by atoms with Crippen LogP contribution < -0.4 is 5.32 Å². The SMILES string of the molecule is Cc1cc(NC(=O)[C@@H](C)OC(=O)CCc2nnc(-c3ccccc3)o2)no1. The van der Waals surface area contributed by atoms with E-state index in [1.165, 1.54) is 6.92 Å². The van der Waals surface area contributed by atoms with Gasteiger partial charge in [0.05, 0.1) is 6.42 Å². The summed E-state index contributed by atoms with van der Waals surface area (Å²) in [5.74, 6) is 0.480. The molecular formula is C18H18N4O5. The van der Waals surface area contributed by atoms with Crippen molar-refractivity contribution in [3.8, 4) is 11.5 Å². The maximum absolute atomic E-state index is 12.0. The van der Waals surface area contributed by atoms with Gasteiger partial charge in [-0.05, 0) is 26.0 Å². The molecule has 3 aromatic rings. The third kappa shape index (κ3) is 5.00. The van der Waals surface area contributed by atoms with Crippen LogP contribution in [0.25, 0.3) is 11.5 Å². The lowest BCUT2D eigenvalue weighted by Crippen LogP contribution is -2.30. The molecule has 9 nitrogen and oxygen atoms in total. The smallest absolute Gasteiger partial charge is 0.307 e. The standard InChI is InChI=1S/C18H18N4O5/c1-11-10-14(22-27-11)19-17(24)12(2)25-16(23)9-8-15-20-21-18(26-15)13-6-4-3-5-7-13/h3-7,10,12H,8-9H2,1-2H3,(H,19,22,24)/t12-/m1/s1. The first-order valence-corrected chi connectivity index (χ1v) is 8.33. The largest absolute Gasteiger partial charge is 0.453 e. The molecule has 2 aromatic heterocycles. The lowest BCUT2D eigenvalue weighted by atomic mass is 10.2. The number of aryl methyl sites for hydroxylation is 2. The fourth-order valence-corrected chi connectivity index (χ4v) is 2.22. The normalized spacial score (nSPS) is 11.8. The molecule has 27 heavy (non-hydrogen) atoms. The maximum Gasteiger partial charge on any atom is 0.307 e. The van der Waals surface area contributed by atoms with E-state index in [2.05, 4.69) is 20.7 Å². The lowest BCUT2D eigenvalue weighted by Gasteiger charge is -2.11. The first kappa shape index (κ1) is 18.3. The van der Waals surface area contributed by atoms with Crippen LogP contribution in [0.15, 0.2) is 45.3 Å². The van der Waals surface area contributed by atoms with Crippen LogP contribution in [0.1, 0.15) is 25.0 Å². The van der Waals surface area contributed by atoms with E-state index in [1.54, 1.807) is 13.0 Å². The summed E-state index contributed by atoms with van der Waals surface area (Å²) < 4.78 is 15.5. The Labute approximate surface area is 154 Å². The minimum atomic E-state index is -0.975. The number of hydrogen-bond donors (Lipinski definition) is 1. The minimum absolute atomic E-state index is 0.0110. The van der Waals surface area contributed by atoms with Crippen LogP contribution in [0.4, 0.5) is 5.82 Å². The van der Waals surface area contributed by atoms with E-state index < -0.39 is 18.0 Å². The predicted molar refractivity (Wildman–Crippen MR) is 93.5 cm³/mol. The Balaban J connectivity index is 1.46. The molecular weight excluding hydrogens is 352 g/mol. The van der Waals surface area contributed by atoms with Crippen molar-refractivity contribution >= 4 is 17.7 Å².